The number of pyridine rings is 1. The van der Waals surface area contributed by atoms with Gasteiger partial charge in [-0.25, -0.2) is 4.98 Å². The van der Waals surface area contributed by atoms with Crippen LogP contribution >= 0.6 is 27.3 Å². The standard InChI is InChI=1S/C24H19BrN4O4S.C3H7NO/c1-31-15-8-12(9-16(32-2)21(15)33-3)17-14(10-26)23(28)29-24-18(17)19(27)22(34-24)20(30)11-4-6-13(25)7-5-11;1-4(2)3-5/h4-9H,27H2,1-3H3,(H2,28,29);3H,1-2H3. The van der Waals surface area contributed by atoms with Gasteiger partial charge in [0.05, 0.1) is 27.0 Å². The van der Waals surface area contributed by atoms with Gasteiger partial charge in [-0.1, -0.05) is 15.9 Å². The van der Waals surface area contributed by atoms with E-state index in [9.17, 15) is 14.9 Å². The Labute approximate surface area is 237 Å². The second-order valence-electron chi connectivity index (χ2n) is 8.20. The average Bonchev–Trinajstić information content (AvgIpc) is 3.26. The summed E-state index contributed by atoms with van der Waals surface area (Å²) in [7, 11) is 7.87. The Bertz CT molecular complexity index is 1550. The zero-order chi connectivity index (χ0) is 28.9. The third-order valence-electron chi connectivity index (χ3n) is 5.49. The minimum absolute atomic E-state index is 0.0302. The Morgan fingerprint density at radius 1 is 1.08 bits per heavy atom. The lowest BCUT2D eigenvalue weighted by molar-refractivity contribution is -0.115. The predicted octanol–water partition coefficient (Wildman–Crippen LogP) is 4.72. The topological polar surface area (TPSA) is 154 Å². The van der Waals surface area contributed by atoms with Crippen LogP contribution in [0.3, 0.4) is 0 Å². The van der Waals surface area contributed by atoms with Crippen molar-refractivity contribution in [3.05, 3.63) is 56.9 Å². The van der Waals surface area contributed by atoms with E-state index in [0.717, 1.165) is 22.2 Å². The molecule has 0 unspecified atom stereocenters. The molecule has 0 aliphatic carbocycles. The Balaban J connectivity index is 0.000000771. The van der Waals surface area contributed by atoms with Crippen molar-refractivity contribution in [2.24, 2.45) is 0 Å². The first-order chi connectivity index (χ1) is 18.6. The lowest BCUT2D eigenvalue weighted by atomic mass is 9.96. The van der Waals surface area contributed by atoms with Gasteiger partial charge in [0.25, 0.3) is 0 Å². The monoisotopic (exact) mass is 611 g/mol. The van der Waals surface area contributed by atoms with Gasteiger partial charge in [0, 0.05) is 35.1 Å². The van der Waals surface area contributed by atoms with Gasteiger partial charge >= 0.3 is 0 Å². The molecule has 0 bridgehead atoms. The van der Waals surface area contributed by atoms with Crippen molar-refractivity contribution in [2.75, 3.05) is 46.9 Å². The molecule has 12 heteroatoms. The lowest BCUT2D eigenvalue weighted by Gasteiger charge is -2.16. The number of ether oxygens (including phenoxy) is 3. The minimum Gasteiger partial charge on any atom is -0.493 e. The van der Waals surface area contributed by atoms with Crippen LogP contribution < -0.4 is 25.7 Å². The second-order valence-corrected chi connectivity index (χ2v) is 10.1. The summed E-state index contributed by atoms with van der Waals surface area (Å²) in [5.74, 6) is 0.965. The third kappa shape index (κ3) is 5.89. The molecule has 2 aromatic heterocycles. The van der Waals surface area contributed by atoms with Crippen LogP contribution in [0.2, 0.25) is 0 Å². The zero-order valence-electron chi connectivity index (χ0n) is 21.9. The van der Waals surface area contributed by atoms with Gasteiger partial charge in [-0.3, -0.25) is 9.59 Å². The zero-order valence-corrected chi connectivity index (χ0v) is 24.3. The summed E-state index contributed by atoms with van der Waals surface area (Å²) in [5.41, 5.74) is 14.5. The largest absolute Gasteiger partial charge is 0.493 e. The molecule has 4 aromatic rings. The molecule has 0 aliphatic heterocycles. The van der Waals surface area contributed by atoms with E-state index in [4.69, 9.17) is 25.7 Å². The van der Waals surface area contributed by atoms with Crippen molar-refractivity contribution < 1.29 is 23.8 Å². The van der Waals surface area contributed by atoms with Crippen molar-refractivity contribution in [1.82, 2.24) is 9.88 Å². The van der Waals surface area contributed by atoms with E-state index in [2.05, 4.69) is 27.0 Å². The minimum atomic E-state index is -0.249. The summed E-state index contributed by atoms with van der Waals surface area (Å²) in [5, 5.41) is 10.4. The number of aromatic nitrogens is 1. The number of thiophene rings is 1. The van der Waals surface area contributed by atoms with Crippen LogP contribution in [0.4, 0.5) is 11.5 Å². The molecule has 2 heterocycles. The molecule has 0 saturated heterocycles. The summed E-state index contributed by atoms with van der Waals surface area (Å²) < 4.78 is 17.2. The summed E-state index contributed by atoms with van der Waals surface area (Å²) in [6, 6.07) is 12.5. The smallest absolute Gasteiger partial charge is 0.209 e. The molecular formula is C27H26BrN5O5S. The highest BCUT2D eigenvalue weighted by Crippen LogP contribution is 2.47. The van der Waals surface area contributed by atoms with Crippen molar-refractivity contribution in [2.45, 2.75) is 0 Å². The number of carbonyl (C=O) groups excluding carboxylic acids is 2. The fraction of sp³-hybridized carbons (Fsp3) is 0.185. The molecule has 0 saturated carbocycles. The first-order valence-electron chi connectivity index (χ1n) is 11.3. The van der Waals surface area contributed by atoms with Crippen LogP contribution in [0.5, 0.6) is 17.2 Å². The summed E-state index contributed by atoms with van der Waals surface area (Å²) in [4.78, 5) is 29.3. The highest BCUT2D eigenvalue weighted by Gasteiger charge is 2.26. The van der Waals surface area contributed by atoms with Crippen molar-refractivity contribution in [1.29, 1.82) is 5.26 Å². The fourth-order valence-electron chi connectivity index (χ4n) is 3.70. The van der Waals surface area contributed by atoms with E-state index in [0.29, 0.717) is 49.0 Å². The number of carbonyl (C=O) groups is 2. The second kappa shape index (κ2) is 12.5. The Hall–Kier alpha value is -4.34. The van der Waals surface area contributed by atoms with Gasteiger partial charge in [-0.2, -0.15) is 5.26 Å². The Morgan fingerprint density at radius 2 is 1.64 bits per heavy atom. The third-order valence-corrected chi connectivity index (χ3v) is 7.12. The van der Waals surface area contributed by atoms with Gasteiger partial charge in [-0.15, -0.1) is 11.3 Å². The molecule has 1 amide bonds. The van der Waals surface area contributed by atoms with Crippen LogP contribution in [0.1, 0.15) is 20.8 Å². The van der Waals surface area contributed by atoms with Crippen LogP contribution in [-0.2, 0) is 4.79 Å². The molecule has 0 fully saturated rings. The number of nitrogen functional groups attached to an aromatic ring is 2. The molecule has 4 N–H and O–H groups in total. The van der Waals surface area contributed by atoms with Crippen molar-refractivity contribution >= 4 is 61.2 Å². The molecule has 2 aromatic carbocycles. The van der Waals surface area contributed by atoms with E-state index < -0.39 is 0 Å². The number of nitrogens with zero attached hydrogens (tertiary/aromatic N) is 3. The van der Waals surface area contributed by atoms with E-state index in [1.807, 2.05) is 0 Å². The highest BCUT2D eigenvalue weighted by atomic mass is 79.9. The molecule has 4 rings (SSSR count). The first kappa shape index (κ1) is 29.2. The van der Waals surface area contributed by atoms with E-state index in [-0.39, 0.29) is 22.9 Å². The molecule has 0 aliphatic rings. The number of hydrogen-bond acceptors (Lipinski definition) is 10. The number of anilines is 2. The molecule has 0 atom stereocenters. The van der Waals surface area contributed by atoms with Crippen molar-refractivity contribution in [3.63, 3.8) is 0 Å². The molecule has 0 radical (unpaired) electrons. The number of ketones is 1. The van der Waals surface area contributed by atoms with Gasteiger partial charge in [0.2, 0.25) is 17.9 Å². The number of amides is 1. The molecule has 39 heavy (non-hydrogen) atoms. The maximum Gasteiger partial charge on any atom is 0.209 e. The van der Waals surface area contributed by atoms with E-state index in [1.54, 1.807) is 50.5 Å². The van der Waals surface area contributed by atoms with E-state index >= 15 is 0 Å². The number of nitriles is 1. The number of benzene rings is 2. The highest BCUT2D eigenvalue weighted by molar-refractivity contribution is 9.10. The molecule has 0 spiro atoms. The van der Waals surface area contributed by atoms with Gasteiger partial charge in [0.15, 0.2) is 11.5 Å². The average molecular weight is 613 g/mol. The summed E-state index contributed by atoms with van der Waals surface area (Å²) in [6.07, 6.45) is 0.750. The van der Waals surface area contributed by atoms with Crippen LogP contribution in [0, 0.1) is 11.3 Å². The maximum absolute atomic E-state index is 13.3. The number of hydrogen-bond donors (Lipinski definition) is 2. The molecule has 202 valence electrons. The molecular weight excluding hydrogens is 586 g/mol. The van der Waals surface area contributed by atoms with Crippen LogP contribution in [0.15, 0.2) is 40.9 Å². The normalized spacial score (nSPS) is 10.2. The quantitative estimate of drug-likeness (QED) is 0.223. The number of fused-ring (bicyclic) bond motifs is 1. The van der Waals surface area contributed by atoms with Gasteiger partial charge in [0.1, 0.15) is 27.2 Å². The van der Waals surface area contributed by atoms with Gasteiger partial charge < -0.3 is 30.6 Å². The predicted molar refractivity (Wildman–Crippen MR) is 156 cm³/mol. The number of nitrogens with two attached hydrogens (primary N) is 2. The Kier molecular flexibility index (Phi) is 9.34. The number of halogens is 1. The lowest BCUT2D eigenvalue weighted by Crippen LogP contribution is -2.06. The summed E-state index contributed by atoms with van der Waals surface area (Å²) in [6.45, 7) is 0. The number of rotatable bonds is 7. The van der Waals surface area contributed by atoms with E-state index in [1.165, 1.54) is 26.2 Å². The number of methoxy groups -OCH3 is 3. The van der Waals surface area contributed by atoms with Crippen LogP contribution in [0.25, 0.3) is 21.3 Å². The van der Waals surface area contributed by atoms with Crippen LogP contribution in [-0.4, -0.2) is 57.5 Å². The molecule has 10 nitrogen and oxygen atoms in total. The maximum atomic E-state index is 13.3. The Morgan fingerprint density at radius 3 is 2.10 bits per heavy atom. The van der Waals surface area contributed by atoms with Crippen molar-refractivity contribution in [3.8, 4) is 34.4 Å². The fourth-order valence-corrected chi connectivity index (χ4v) is 5.04. The summed E-state index contributed by atoms with van der Waals surface area (Å²) >= 11 is 4.50. The van der Waals surface area contributed by atoms with Gasteiger partial charge in [-0.05, 0) is 42.0 Å². The SMILES string of the molecule is CN(C)C=O.COc1cc(-c2c(C#N)c(N)nc3sc(C(=O)c4ccc(Br)cc4)c(N)c23)cc(OC)c1OC. The first-order valence-corrected chi connectivity index (χ1v) is 12.9.